The SMILES string of the molecule is COc1cc2c(N3CCN(C(=S)N=C4C=CC(=C5C=CC=CN5O)C=C4)CC3)ncnc2cc1OCCN1CCCCC1. The van der Waals surface area contributed by atoms with Crippen LogP contribution in [0.15, 0.2) is 83.5 Å². The zero-order chi connectivity index (χ0) is 29.6. The van der Waals surface area contributed by atoms with Crippen LogP contribution in [0.2, 0.25) is 0 Å². The van der Waals surface area contributed by atoms with E-state index in [4.69, 9.17) is 21.7 Å². The molecule has 4 heterocycles. The van der Waals surface area contributed by atoms with Crippen molar-refractivity contribution in [2.24, 2.45) is 4.99 Å². The van der Waals surface area contributed by atoms with Crippen molar-refractivity contribution in [3.63, 3.8) is 0 Å². The number of hydrogen-bond donors (Lipinski definition) is 1. The van der Waals surface area contributed by atoms with Gasteiger partial charge in [0.15, 0.2) is 16.6 Å². The predicted octanol–water partition coefficient (Wildman–Crippen LogP) is 4.51. The quantitative estimate of drug-likeness (QED) is 0.479. The van der Waals surface area contributed by atoms with Crippen LogP contribution in [0.5, 0.6) is 11.5 Å². The number of hydroxylamine groups is 2. The molecule has 2 fully saturated rings. The summed E-state index contributed by atoms with van der Waals surface area (Å²) < 4.78 is 11.9. The number of piperidine rings is 1. The molecule has 0 spiro atoms. The molecular weight excluding hydrogens is 562 g/mol. The van der Waals surface area contributed by atoms with Crippen LogP contribution < -0.4 is 14.4 Å². The maximum atomic E-state index is 10.1. The van der Waals surface area contributed by atoms with E-state index in [1.165, 1.54) is 19.3 Å². The van der Waals surface area contributed by atoms with Gasteiger partial charge in [0.2, 0.25) is 0 Å². The fraction of sp³-hybridized carbons (Fsp3) is 0.375. The zero-order valence-electron chi connectivity index (χ0n) is 24.4. The van der Waals surface area contributed by atoms with Gasteiger partial charge in [-0.1, -0.05) is 24.6 Å². The van der Waals surface area contributed by atoms with E-state index >= 15 is 0 Å². The first-order valence-electron chi connectivity index (χ1n) is 14.8. The second-order valence-electron chi connectivity index (χ2n) is 10.8. The van der Waals surface area contributed by atoms with Gasteiger partial charge in [-0.3, -0.25) is 10.1 Å². The summed E-state index contributed by atoms with van der Waals surface area (Å²) in [5.74, 6) is 2.27. The van der Waals surface area contributed by atoms with Crippen LogP contribution >= 0.6 is 12.2 Å². The van der Waals surface area contributed by atoms with Crippen LogP contribution in [-0.4, -0.2) is 100 Å². The van der Waals surface area contributed by atoms with Crippen molar-refractivity contribution >= 4 is 39.8 Å². The lowest BCUT2D eigenvalue weighted by molar-refractivity contribution is -0.000827. The molecule has 6 rings (SSSR count). The Labute approximate surface area is 257 Å². The van der Waals surface area contributed by atoms with E-state index in [0.29, 0.717) is 28.9 Å². The summed E-state index contributed by atoms with van der Waals surface area (Å²) in [7, 11) is 1.67. The average molecular weight is 600 g/mol. The normalized spacial score (nSPS) is 19.0. The molecule has 2 saturated heterocycles. The molecule has 1 aromatic heterocycles. The van der Waals surface area contributed by atoms with Gasteiger partial charge in [-0.05, 0) is 68.5 Å². The smallest absolute Gasteiger partial charge is 0.196 e. The van der Waals surface area contributed by atoms with Crippen molar-refractivity contribution in [3.05, 3.63) is 78.5 Å². The van der Waals surface area contributed by atoms with Gasteiger partial charge in [-0.25, -0.2) is 20.0 Å². The number of aliphatic imine (C=N–C) groups is 1. The Morgan fingerprint density at radius 3 is 2.47 bits per heavy atom. The summed E-state index contributed by atoms with van der Waals surface area (Å²) in [4.78, 5) is 20.7. The number of fused-ring (bicyclic) bond motifs is 1. The molecule has 0 unspecified atom stereocenters. The molecule has 1 aliphatic carbocycles. The lowest BCUT2D eigenvalue weighted by atomic mass is 10.1. The highest BCUT2D eigenvalue weighted by molar-refractivity contribution is 7.80. The van der Waals surface area contributed by atoms with Crippen LogP contribution in [0.1, 0.15) is 19.3 Å². The van der Waals surface area contributed by atoms with Crippen LogP contribution in [0, 0.1) is 0 Å². The summed E-state index contributed by atoms with van der Waals surface area (Å²) in [5, 5.41) is 12.7. The third-order valence-corrected chi connectivity index (χ3v) is 8.44. The van der Waals surface area contributed by atoms with Gasteiger partial charge in [0.05, 0.1) is 24.0 Å². The van der Waals surface area contributed by atoms with Crippen molar-refractivity contribution in [1.82, 2.24) is 24.8 Å². The van der Waals surface area contributed by atoms with E-state index in [-0.39, 0.29) is 0 Å². The van der Waals surface area contributed by atoms with Crippen molar-refractivity contribution in [3.8, 4) is 11.5 Å². The van der Waals surface area contributed by atoms with Gasteiger partial charge >= 0.3 is 0 Å². The van der Waals surface area contributed by atoms with E-state index in [1.807, 2.05) is 48.6 Å². The molecule has 0 atom stereocenters. The zero-order valence-corrected chi connectivity index (χ0v) is 25.2. The second-order valence-corrected chi connectivity index (χ2v) is 11.2. The minimum Gasteiger partial charge on any atom is -0.493 e. The Balaban J connectivity index is 1.08. The molecule has 11 heteroatoms. The fourth-order valence-electron chi connectivity index (χ4n) is 5.70. The molecule has 224 valence electrons. The molecular formula is C32H37N7O3S. The highest BCUT2D eigenvalue weighted by Gasteiger charge is 2.23. The number of rotatable bonds is 6. The molecule has 0 radical (unpaired) electrons. The van der Waals surface area contributed by atoms with Crippen LogP contribution in [0.4, 0.5) is 5.82 Å². The molecule has 0 bridgehead atoms. The first-order chi connectivity index (χ1) is 21.1. The van der Waals surface area contributed by atoms with Crippen LogP contribution in [0.25, 0.3) is 10.9 Å². The number of hydrogen-bond acceptors (Lipinski definition) is 9. The number of methoxy groups -OCH3 is 1. The molecule has 0 saturated carbocycles. The van der Waals surface area contributed by atoms with Gasteiger partial charge < -0.3 is 19.3 Å². The molecule has 4 aliphatic rings. The van der Waals surface area contributed by atoms with E-state index in [1.54, 1.807) is 25.7 Å². The molecule has 0 amide bonds. The van der Waals surface area contributed by atoms with Gasteiger partial charge in [0.1, 0.15) is 18.8 Å². The summed E-state index contributed by atoms with van der Waals surface area (Å²) in [5.41, 5.74) is 3.21. The molecule has 43 heavy (non-hydrogen) atoms. The topological polar surface area (TPSA) is 89.8 Å². The largest absolute Gasteiger partial charge is 0.493 e. The number of anilines is 1. The summed E-state index contributed by atoms with van der Waals surface area (Å²) >= 11 is 5.70. The highest BCUT2D eigenvalue weighted by atomic mass is 32.1. The van der Waals surface area contributed by atoms with Crippen molar-refractivity contribution < 1.29 is 14.7 Å². The average Bonchev–Trinajstić information content (AvgIpc) is 3.05. The molecule has 1 N–H and O–H groups in total. The van der Waals surface area contributed by atoms with Crippen molar-refractivity contribution in [2.75, 3.05) is 64.4 Å². The lowest BCUT2D eigenvalue weighted by Crippen LogP contribution is -2.48. The Bertz CT molecular complexity index is 1510. The summed E-state index contributed by atoms with van der Waals surface area (Å²) in [6.45, 7) is 6.79. The summed E-state index contributed by atoms with van der Waals surface area (Å²) in [6, 6.07) is 3.95. The van der Waals surface area contributed by atoms with Gasteiger partial charge in [-0.15, -0.1) is 0 Å². The number of piperazine rings is 1. The van der Waals surface area contributed by atoms with Crippen molar-refractivity contribution in [2.45, 2.75) is 19.3 Å². The third kappa shape index (κ3) is 6.79. The van der Waals surface area contributed by atoms with E-state index < -0.39 is 0 Å². The molecule has 2 aromatic rings. The first-order valence-corrected chi connectivity index (χ1v) is 15.2. The predicted molar refractivity (Wildman–Crippen MR) is 173 cm³/mol. The number of aromatic nitrogens is 2. The van der Waals surface area contributed by atoms with E-state index in [9.17, 15) is 5.21 Å². The first kappa shape index (κ1) is 29.0. The summed E-state index contributed by atoms with van der Waals surface area (Å²) in [6.07, 6.45) is 20.3. The Morgan fingerprint density at radius 1 is 0.930 bits per heavy atom. The molecule has 10 nitrogen and oxygen atoms in total. The van der Waals surface area contributed by atoms with Gasteiger partial charge in [0.25, 0.3) is 0 Å². The second kappa shape index (κ2) is 13.5. The number of likely N-dealkylation sites (tertiary alicyclic amines) is 1. The van der Waals surface area contributed by atoms with Crippen molar-refractivity contribution in [1.29, 1.82) is 0 Å². The number of thiocarbonyl (C=S) groups is 1. The van der Waals surface area contributed by atoms with E-state index in [2.05, 4.69) is 29.7 Å². The highest BCUT2D eigenvalue weighted by Crippen LogP contribution is 2.35. The minimum absolute atomic E-state index is 0.560. The number of nitrogens with zero attached hydrogens (tertiary/aromatic N) is 7. The monoisotopic (exact) mass is 599 g/mol. The fourth-order valence-corrected chi connectivity index (χ4v) is 5.99. The number of ether oxygens (including phenoxy) is 2. The minimum atomic E-state index is 0.560. The van der Waals surface area contributed by atoms with Gasteiger partial charge in [-0.2, -0.15) is 0 Å². The number of benzene rings is 1. The maximum Gasteiger partial charge on any atom is 0.196 e. The Hall–Kier alpha value is -4.06. The van der Waals surface area contributed by atoms with Gasteiger partial charge in [0, 0.05) is 55.9 Å². The third-order valence-electron chi connectivity index (χ3n) is 8.09. The standard InChI is InChI=1S/C32H37N7O3S/c1-41-29-21-26-27(22-30(29)42-20-19-36-12-4-2-5-13-36)33-23-34-31(26)37-15-17-38(18-16-37)32(43)35-25-10-8-24(9-11-25)28-7-3-6-14-39(28)40/h3,6-11,14,21-23,40H,2,4-5,12-13,15-20H2,1H3. The van der Waals surface area contributed by atoms with Crippen LogP contribution in [-0.2, 0) is 0 Å². The molecule has 1 aromatic carbocycles. The Kier molecular flexibility index (Phi) is 9.11. The Morgan fingerprint density at radius 2 is 1.72 bits per heavy atom. The molecule has 3 aliphatic heterocycles. The maximum absolute atomic E-state index is 10.1. The lowest BCUT2D eigenvalue weighted by Gasteiger charge is -2.36. The van der Waals surface area contributed by atoms with Crippen LogP contribution in [0.3, 0.4) is 0 Å². The van der Waals surface area contributed by atoms with E-state index in [0.717, 1.165) is 78.9 Å². The number of allylic oxidation sites excluding steroid dienone is 8.